The quantitative estimate of drug-likeness (QED) is 0.652. The second kappa shape index (κ2) is 8.05. The van der Waals surface area contributed by atoms with Gasteiger partial charge < -0.3 is 16.0 Å². The zero-order valence-corrected chi connectivity index (χ0v) is 16.2. The standard InChI is InChI=1S/C23H27N3O2/c1-15-7-8-18(23(28)25-19-5-3-2-4-6-19)13-20(15)24-14-21(27)26-22(16-9-10-16)17-11-12-17/h2-8,13,16-17,22,24H,9-12,14H2,1H3,(H,25,28)(H,26,27). The molecule has 3 N–H and O–H groups in total. The summed E-state index contributed by atoms with van der Waals surface area (Å²) in [5.41, 5.74) is 3.13. The maximum absolute atomic E-state index is 12.5. The van der Waals surface area contributed by atoms with Crippen LogP contribution in [0, 0.1) is 18.8 Å². The van der Waals surface area contributed by atoms with Crippen LogP contribution >= 0.6 is 0 Å². The molecule has 0 aromatic heterocycles. The van der Waals surface area contributed by atoms with E-state index >= 15 is 0 Å². The molecule has 2 aromatic rings. The van der Waals surface area contributed by atoms with Gasteiger partial charge in [-0.15, -0.1) is 0 Å². The first-order valence-corrected chi connectivity index (χ1v) is 10.1. The summed E-state index contributed by atoms with van der Waals surface area (Å²) in [5, 5.41) is 9.31. The number of aryl methyl sites for hydroxylation is 1. The third kappa shape index (κ3) is 4.71. The molecular formula is C23H27N3O2. The average molecular weight is 377 g/mol. The molecule has 2 aliphatic carbocycles. The monoisotopic (exact) mass is 377 g/mol. The van der Waals surface area contributed by atoms with Crippen molar-refractivity contribution in [2.45, 2.75) is 38.6 Å². The molecule has 2 saturated carbocycles. The van der Waals surface area contributed by atoms with E-state index in [2.05, 4.69) is 16.0 Å². The van der Waals surface area contributed by atoms with Crippen LogP contribution in [0.5, 0.6) is 0 Å². The van der Waals surface area contributed by atoms with Gasteiger partial charge in [0, 0.05) is 23.0 Å². The average Bonchev–Trinajstić information content (AvgIpc) is 3.60. The molecule has 28 heavy (non-hydrogen) atoms. The van der Waals surface area contributed by atoms with Crippen LogP contribution in [0.4, 0.5) is 11.4 Å². The number of rotatable bonds is 8. The van der Waals surface area contributed by atoms with Crippen molar-refractivity contribution in [3.63, 3.8) is 0 Å². The van der Waals surface area contributed by atoms with Crippen molar-refractivity contribution < 1.29 is 9.59 Å². The zero-order valence-electron chi connectivity index (χ0n) is 16.2. The van der Waals surface area contributed by atoms with Gasteiger partial charge in [0.25, 0.3) is 5.91 Å². The number of anilines is 2. The molecule has 4 rings (SSSR count). The maximum Gasteiger partial charge on any atom is 0.255 e. The molecular weight excluding hydrogens is 350 g/mol. The summed E-state index contributed by atoms with van der Waals surface area (Å²) < 4.78 is 0. The summed E-state index contributed by atoms with van der Waals surface area (Å²) >= 11 is 0. The minimum atomic E-state index is -0.166. The predicted octanol–water partition coefficient (Wildman–Crippen LogP) is 3.96. The molecule has 2 amide bonds. The SMILES string of the molecule is Cc1ccc(C(=O)Nc2ccccc2)cc1NCC(=O)NC(C1CC1)C1CC1. The highest BCUT2D eigenvalue weighted by atomic mass is 16.2. The van der Waals surface area contributed by atoms with Crippen molar-refractivity contribution in [2.24, 2.45) is 11.8 Å². The van der Waals surface area contributed by atoms with Gasteiger partial charge in [-0.3, -0.25) is 9.59 Å². The van der Waals surface area contributed by atoms with Crippen molar-refractivity contribution in [3.05, 3.63) is 59.7 Å². The summed E-state index contributed by atoms with van der Waals surface area (Å²) in [6.07, 6.45) is 4.97. The van der Waals surface area contributed by atoms with Crippen molar-refractivity contribution in [1.82, 2.24) is 5.32 Å². The largest absolute Gasteiger partial charge is 0.376 e. The Balaban J connectivity index is 1.35. The molecule has 0 spiro atoms. The molecule has 5 nitrogen and oxygen atoms in total. The second-order valence-corrected chi connectivity index (χ2v) is 7.97. The van der Waals surface area contributed by atoms with E-state index in [1.807, 2.05) is 43.3 Å². The van der Waals surface area contributed by atoms with Gasteiger partial charge in [-0.1, -0.05) is 24.3 Å². The number of hydrogen-bond donors (Lipinski definition) is 3. The van der Waals surface area contributed by atoms with E-state index in [-0.39, 0.29) is 18.4 Å². The predicted molar refractivity (Wildman–Crippen MR) is 111 cm³/mol. The number of hydrogen-bond acceptors (Lipinski definition) is 3. The highest BCUT2D eigenvalue weighted by Gasteiger charge is 2.42. The van der Waals surface area contributed by atoms with Crippen molar-refractivity contribution in [3.8, 4) is 0 Å². The van der Waals surface area contributed by atoms with Crippen LogP contribution in [-0.4, -0.2) is 24.4 Å². The first-order chi connectivity index (χ1) is 13.6. The molecule has 2 aromatic carbocycles. The Hall–Kier alpha value is -2.82. The van der Waals surface area contributed by atoms with Crippen LogP contribution in [0.3, 0.4) is 0 Å². The lowest BCUT2D eigenvalue weighted by Crippen LogP contribution is -2.41. The molecule has 0 bridgehead atoms. The smallest absolute Gasteiger partial charge is 0.255 e. The van der Waals surface area contributed by atoms with Crippen LogP contribution in [-0.2, 0) is 4.79 Å². The molecule has 0 saturated heterocycles. The summed E-state index contributed by atoms with van der Waals surface area (Å²) in [4.78, 5) is 24.9. The fraction of sp³-hybridized carbons (Fsp3) is 0.391. The van der Waals surface area contributed by atoms with Crippen LogP contribution in [0.2, 0.25) is 0 Å². The fourth-order valence-corrected chi connectivity index (χ4v) is 3.62. The van der Waals surface area contributed by atoms with Crippen molar-refractivity contribution >= 4 is 23.2 Å². The Kier molecular flexibility index (Phi) is 5.33. The van der Waals surface area contributed by atoms with Gasteiger partial charge in [0.05, 0.1) is 6.54 Å². The zero-order chi connectivity index (χ0) is 19.5. The van der Waals surface area contributed by atoms with Gasteiger partial charge in [0.2, 0.25) is 5.91 Å². The second-order valence-electron chi connectivity index (χ2n) is 7.97. The number of para-hydroxylation sites is 1. The summed E-state index contributed by atoms with van der Waals surface area (Å²) in [6, 6.07) is 15.2. The Morgan fingerprint density at radius 1 is 1.00 bits per heavy atom. The topological polar surface area (TPSA) is 70.2 Å². The van der Waals surface area contributed by atoms with E-state index in [1.165, 1.54) is 25.7 Å². The maximum atomic E-state index is 12.5. The van der Waals surface area contributed by atoms with E-state index in [9.17, 15) is 9.59 Å². The minimum absolute atomic E-state index is 0.0299. The molecule has 0 atom stereocenters. The number of carbonyl (C=O) groups excluding carboxylic acids is 2. The molecule has 0 aliphatic heterocycles. The van der Waals surface area contributed by atoms with Gasteiger partial charge in [-0.2, -0.15) is 0 Å². The summed E-state index contributed by atoms with van der Waals surface area (Å²) in [5.74, 6) is 1.23. The number of nitrogens with one attached hydrogen (secondary N) is 3. The summed E-state index contributed by atoms with van der Waals surface area (Å²) in [7, 11) is 0. The lowest BCUT2D eigenvalue weighted by atomic mass is 10.1. The third-order valence-corrected chi connectivity index (χ3v) is 5.56. The fourth-order valence-electron chi connectivity index (χ4n) is 3.62. The summed E-state index contributed by atoms with van der Waals surface area (Å²) in [6.45, 7) is 2.19. The van der Waals surface area contributed by atoms with E-state index in [0.717, 1.165) is 16.9 Å². The Bertz CT molecular complexity index is 845. The highest BCUT2D eigenvalue weighted by molar-refractivity contribution is 6.05. The molecule has 0 radical (unpaired) electrons. The lowest BCUT2D eigenvalue weighted by molar-refractivity contribution is -0.120. The van der Waals surface area contributed by atoms with E-state index < -0.39 is 0 Å². The van der Waals surface area contributed by atoms with Crippen LogP contribution in [0.25, 0.3) is 0 Å². The molecule has 2 fully saturated rings. The molecule has 5 heteroatoms. The van der Waals surface area contributed by atoms with E-state index in [0.29, 0.717) is 23.4 Å². The Morgan fingerprint density at radius 2 is 1.68 bits per heavy atom. The number of carbonyl (C=O) groups is 2. The first kappa shape index (κ1) is 18.5. The van der Waals surface area contributed by atoms with Gasteiger partial charge in [0.15, 0.2) is 0 Å². The van der Waals surface area contributed by atoms with E-state index in [4.69, 9.17) is 0 Å². The Morgan fingerprint density at radius 3 is 2.32 bits per heavy atom. The lowest BCUT2D eigenvalue weighted by Gasteiger charge is -2.18. The van der Waals surface area contributed by atoms with Crippen LogP contribution < -0.4 is 16.0 Å². The van der Waals surface area contributed by atoms with E-state index in [1.54, 1.807) is 12.1 Å². The normalized spacial score (nSPS) is 15.9. The molecule has 0 heterocycles. The van der Waals surface area contributed by atoms with Gasteiger partial charge in [0.1, 0.15) is 0 Å². The van der Waals surface area contributed by atoms with Gasteiger partial charge in [-0.25, -0.2) is 0 Å². The van der Waals surface area contributed by atoms with Crippen molar-refractivity contribution in [1.29, 1.82) is 0 Å². The number of amides is 2. The molecule has 2 aliphatic rings. The van der Waals surface area contributed by atoms with Crippen molar-refractivity contribution in [2.75, 3.05) is 17.2 Å². The minimum Gasteiger partial charge on any atom is -0.376 e. The first-order valence-electron chi connectivity index (χ1n) is 10.1. The van der Waals surface area contributed by atoms with Gasteiger partial charge in [-0.05, 0) is 74.3 Å². The molecule has 0 unspecified atom stereocenters. The van der Waals surface area contributed by atoms with Crippen LogP contribution in [0.15, 0.2) is 48.5 Å². The number of benzene rings is 2. The highest BCUT2D eigenvalue weighted by Crippen LogP contribution is 2.44. The third-order valence-electron chi connectivity index (χ3n) is 5.56. The molecule has 146 valence electrons. The van der Waals surface area contributed by atoms with Gasteiger partial charge >= 0.3 is 0 Å². The van der Waals surface area contributed by atoms with Crippen LogP contribution in [0.1, 0.15) is 41.6 Å². The Labute approximate surface area is 165 Å².